The van der Waals surface area contributed by atoms with Crippen LogP contribution in [0.25, 0.3) is 0 Å². The summed E-state index contributed by atoms with van der Waals surface area (Å²) in [4.78, 5) is 11.0. The first kappa shape index (κ1) is 19.2. The molecule has 0 spiro atoms. The average molecular weight is 403 g/mol. The van der Waals surface area contributed by atoms with Crippen LogP contribution < -0.4 is 10.0 Å². The summed E-state index contributed by atoms with van der Waals surface area (Å²) in [5.41, 5.74) is 5.33. The maximum absolute atomic E-state index is 12.9. The first-order chi connectivity index (χ1) is 11.5. The molecule has 0 saturated heterocycles. The predicted octanol–water partition coefficient (Wildman–Crippen LogP) is 1.67. The molecule has 0 radical (unpaired) electrons. The topological polar surface area (TPSA) is 115 Å². The van der Waals surface area contributed by atoms with Crippen molar-refractivity contribution in [1.29, 1.82) is 0 Å². The number of sulfone groups is 1. The predicted molar refractivity (Wildman–Crippen MR) is 95.1 cm³/mol. The molecule has 134 valence electrons. The second-order valence-corrected chi connectivity index (χ2v) is 9.58. The zero-order valence-corrected chi connectivity index (χ0v) is 15.7. The van der Waals surface area contributed by atoms with Crippen molar-refractivity contribution in [1.82, 2.24) is 0 Å². The largest absolute Gasteiger partial charge is 0.366 e. The molecule has 0 unspecified atom stereocenters. The van der Waals surface area contributed by atoms with Gasteiger partial charge in [-0.2, -0.15) is 0 Å². The van der Waals surface area contributed by atoms with Crippen LogP contribution in [0.1, 0.15) is 10.4 Å². The Morgan fingerprint density at radius 1 is 1.08 bits per heavy atom. The lowest BCUT2D eigenvalue weighted by atomic mass is 10.2. The first-order valence-corrected chi connectivity index (χ1v) is 10.5. The molecule has 0 aliphatic heterocycles. The molecule has 2 aromatic carbocycles. The Bertz CT molecular complexity index is 1050. The van der Waals surface area contributed by atoms with Crippen LogP contribution in [0, 0.1) is 0 Å². The number of hydrogen-bond donors (Lipinski definition) is 1. The molecule has 0 heterocycles. The molecule has 0 aliphatic carbocycles. The number of nitrogens with two attached hydrogens (primary N) is 1. The molecule has 10 heteroatoms. The number of anilines is 1. The molecule has 1 amide bonds. The summed E-state index contributed by atoms with van der Waals surface area (Å²) in [5, 5.41) is -0.143. The molecule has 0 bridgehead atoms. The van der Waals surface area contributed by atoms with E-state index in [0.717, 1.165) is 16.6 Å². The average Bonchev–Trinajstić information content (AvgIpc) is 2.53. The number of amides is 1. The van der Waals surface area contributed by atoms with Gasteiger partial charge in [-0.1, -0.05) is 23.7 Å². The van der Waals surface area contributed by atoms with Gasteiger partial charge in [-0.15, -0.1) is 0 Å². The molecule has 2 N–H and O–H groups in total. The highest BCUT2D eigenvalue weighted by Gasteiger charge is 2.28. The third-order valence-corrected chi connectivity index (χ3v) is 6.84. The molecule has 0 aliphatic rings. The standard InChI is InChI=1S/C15H15ClN2O5S2/c1-18(13-6-4-3-5-11(13)15(17)19)25(22,23)14-9-10(24(2,20)21)7-8-12(14)16/h3-9H,1-2H3,(H2,17,19). The van der Waals surface area contributed by atoms with Crippen molar-refractivity contribution in [2.45, 2.75) is 9.79 Å². The summed E-state index contributed by atoms with van der Waals surface area (Å²) in [6.07, 6.45) is 0.957. The summed E-state index contributed by atoms with van der Waals surface area (Å²) in [6.45, 7) is 0. The highest BCUT2D eigenvalue weighted by atomic mass is 35.5. The van der Waals surface area contributed by atoms with Crippen LogP contribution in [-0.4, -0.2) is 36.0 Å². The van der Waals surface area contributed by atoms with Gasteiger partial charge in [0, 0.05) is 13.3 Å². The zero-order valence-electron chi connectivity index (χ0n) is 13.3. The van der Waals surface area contributed by atoms with Gasteiger partial charge in [-0.05, 0) is 30.3 Å². The van der Waals surface area contributed by atoms with Gasteiger partial charge in [-0.3, -0.25) is 9.10 Å². The summed E-state index contributed by atoms with van der Waals surface area (Å²) in [6, 6.07) is 9.27. The van der Waals surface area contributed by atoms with Crippen molar-refractivity contribution in [3.05, 3.63) is 53.1 Å². The number of nitrogens with zero attached hydrogens (tertiary/aromatic N) is 1. The first-order valence-electron chi connectivity index (χ1n) is 6.83. The SMILES string of the molecule is CN(c1ccccc1C(N)=O)S(=O)(=O)c1cc(S(C)(=O)=O)ccc1Cl. The van der Waals surface area contributed by atoms with E-state index in [4.69, 9.17) is 17.3 Å². The molecule has 0 atom stereocenters. The van der Waals surface area contributed by atoms with Crippen LogP contribution in [0.3, 0.4) is 0 Å². The van der Waals surface area contributed by atoms with Crippen molar-refractivity contribution in [3.8, 4) is 0 Å². The van der Waals surface area contributed by atoms with Crippen molar-refractivity contribution in [2.24, 2.45) is 5.73 Å². The molecular weight excluding hydrogens is 388 g/mol. The maximum Gasteiger partial charge on any atom is 0.265 e. The van der Waals surface area contributed by atoms with Crippen molar-refractivity contribution >= 4 is 43.1 Å². The highest BCUT2D eigenvalue weighted by Crippen LogP contribution is 2.31. The maximum atomic E-state index is 12.9. The number of hydrogen-bond acceptors (Lipinski definition) is 5. The van der Waals surface area contributed by atoms with Crippen LogP contribution in [0.5, 0.6) is 0 Å². The lowest BCUT2D eigenvalue weighted by Crippen LogP contribution is -2.29. The fraction of sp³-hybridized carbons (Fsp3) is 0.133. The van der Waals surface area contributed by atoms with Gasteiger partial charge in [0.2, 0.25) is 0 Å². The third-order valence-electron chi connectivity index (χ3n) is 3.48. The van der Waals surface area contributed by atoms with Crippen molar-refractivity contribution in [2.75, 3.05) is 17.6 Å². The van der Waals surface area contributed by atoms with Gasteiger partial charge in [0.15, 0.2) is 9.84 Å². The number of primary amides is 1. The van der Waals surface area contributed by atoms with Gasteiger partial charge in [-0.25, -0.2) is 16.8 Å². The van der Waals surface area contributed by atoms with Crippen molar-refractivity contribution < 1.29 is 21.6 Å². The minimum atomic E-state index is -4.23. The summed E-state index contributed by atoms with van der Waals surface area (Å²) >= 11 is 5.97. The number of rotatable bonds is 5. The molecule has 2 rings (SSSR count). The minimum Gasteiger partial charge on any atom is -0.366 e. The second-order valence-electron chi connectivity index (χ2n) is 5.22. The van der Waals surface area contributed by atoms with E-state index >= 15 is 0 Å². The zero-order chi connectivity index (χ0) is 19.0. The van der Waals surface area contributed by atoms with Crippen LogP contribution in [0.15, 0.2) is 52.3 Å². The highest BCUT2D eigenvalue weighted by molar-refractivity contribution is 7.93. The molecular formula is C15H15ClN2O5S2. The quantitative estimate of drug-likeness (QED) is 0.816. The van der Waals surface area contributed by atoms with Gasteiger partial charge >= 0.3 is 0 Å². The smallest absolute Gasteiger partial charge is 0.265 e. The summed E-state index contributed by atoms with van der Waals surface area (Å²) in [7, 11) is -6.64. The Morgan fingerprint density at radius 2 is 1.68 bits per heavy atom. The summed E-state index contributed by atoms with van der Waals surface area (Å²) in [5.74, 6) is -0.798. The molecule has 25 heavy (non-hydrogen) atoms. The van der Waals surface area contributed by atoms with E-state index in [9.17, 15) is 21.6 Å². The second kappa shape index (κ2) is 6.66. The normalized spacial score (nSPS) is 12.0. The Morgan fingerprint density at radius 3 is 2.24 bits per heavy atom. The van der Waals surface area contributed by atoms with Crippen LogP contribution in [0.4, 0.5) is 5.69 Å². The number of halogens is 1. The number of carbonyl (C=O) groups is 1. The number of carbonyl (C=O) groups excluding carboxylic acids is 1. The third kappa shape index (κ3) is 3.78. The van der Waals surface area contributed by atoms with Gasteiger partial charge in [0.1, 0.15) is 4.90 Å². The van der Waals surface area contributed by atoms with E-state index in [-0.39, 0.29) is 26.1 Å². The lowest BCUT2D eigenvalue weighted by Gasteiger charge is -2.22. The number of benzene rings is 2. The van der Waals surface area contributed by atoms with E-state index < -0.39 is 25.8 Å². The Kier molecular flexibility index (Phi) is 5.12. The van der Waals surface area contributed by atoms with Crippen LogP contribution >= 0.6 is 11.6 Å². The van der Waals surface area contributed by atoms with Crippen LogP contribution in [0.2, 0.25) is 5.02 Å². The van der Waals surface area contributed by atoms with Crippen LogP contribution in [-0.2, 0) is 19.9 Å². The van der Waals surface area contributed by atoms with Crippen molar-refractivity contribution in [3.63, 3.8) is 0 Å². The minimum absolute atomic E-state index is 0.00367. The number of sulfonamides is 1. The van der Waals surface area contributed by atoms with E-state index in [0.29, 0.717) is 0 Å². The molecule has 0 aromatic heterocycles. The van der Waals surface area contributed by atoms with Gasteiger partial charge in [0.05, 0.1) is 21.2 Å². The molecule has 0 fully saturated rings. The summed E-state index contributed by atoms with van der Waals surface area (Å²) < 4.78 is 50.0. The molecule has 2 aromatic rings. The Labute approximate surface area is 151 Å². The van der Waals surface area contributed by atoms with E-state index in [2.05, 4.69) is 0 Å². The number of para-hydroxylation sites is 1. The molecule has 0 saturated carbocycles. The fourth-order valence-corrected chi connectivity index (χ4v) is 4.58. The van der Waals surface area contributed by atoms with Gasteiger partial charge in [0.25, 0.3) is 15.9 Å². The Balaban J connectivity index is 2.66. The lowest BCUT2D eigenvalue weighted by molar-refractivity contribution is 0.100. The fourth-order valence-electron chi connectivity index (χ4n) is 2.15. The van der Waals surface area contributed by atoms with E-state index in [1.54, 1.807) is 12.1 Å². The molecule has 7 nitrogen and oxygen atoms in total. The monoisotopic (exact) mass is 402 g/mol. The van der Waals surface area contributed by atoms with Gasteiger partial charge < -0.3 is 5.73 Å². The van der Waals surface area contributed by atoms with E-state index in [1.807, 2.05) is 0 Å². The van der Waals surface area contributed by atoms with E-state index in [1.165, 1.54) is 31.3 Å². The Hall–Kier alpha value is -2.10.